The molecule has 1 amide bonds. The van der Waals surface area contributed by atoms with Gasteiger partial charge in [0.05, 0.1) is 17.9 Å². The maximum absolute atomic E-state index is 12.0. The predicted octanol–water partition coefficient (Wildman–Crippen LogP) is 2.72. The number of carbonyl (C=O) groups is 1. The maximum atomic E-state index is 12.0. The van der Waals surface area contributed by atoms with Gasteiger partial charge in [0.2, 0.25) is 5.91 Å². The number of ether oxygens (including phenoxy) is 1. The number of hydrogen-bond donors (Lipinski definition) is 1. The molecule has 0 bridgehead atoms. The van der Waals surface area contributed by atoms with E-state index in [-0.39, 0.29) is 12.0 Å². The minimum Gasteiger partial charge on any atom is -0.489 e. The Balaban J connectivity index is 2.14. The van der Waals surface area contributed by atoms with Gasteiger partial charge < -0.3 is 10.1 Å². The highest BCUT2D eigenvalue weighted by Crippen LogP contribution is 2.46. The third-order valence-electron chi connectivity index (χ3n) is 2.90. The highest BCUT2D eigenvalue weighted by molar-refractivity contribution is 6.00. The van der Waals surface area contributed by atoms with Crippen molar-refractivity contribution < 1.29 is 9.53 Å². The van der Waals surface area contributed by atoms with Gasteiger partial charge in [0, 0.05) is 0 Å². The number of benzene rings is 1. The molecule has 4 nitrogen and oxygen atoms in total. The molecule has 2 rings (SSSR count). The van der Waals surface area contributed by atoms with E-state index in [1.165, 1.54) is 0 Å². The summed E-state index contributed by atoms with van der Waals surface area (Å²) in [6, 6.07) is 9.35. The molecular weight excluding hydrogens is 228 g/mol. The van der Waals surface area contributed by atoms with Crippen molar-refractivity contribution in [2.24, 2.45) is 5.41 Å². The first kappa shape index (κ1) is 12.4. The first-order chi connectivity index (χ1) is 8.57. The molecule has 0 unspecified atom stereocenters. The molecule has 0 heterocycles. The van der Waals surface area contributed by atoms with Crippen molar-refractivity contribution in [3.63, 3.8) is 0 Å². The fourth-order valence-corrected chi connectivity index (χ4v) is 1.68. The van der Waals surface area contributed by atoms with Gasteiger partial charge in [0.1, 0.15) is 11.2 Å². The number of anilines is 1. The highest BCUT2D eigenvalue weighted by atomic mass is 16.5. The molecule has 0 aromatic heterocycles. The predicted molar refractivity (Wildman–Crippen MR) is 68.1 cm³/mol. The first-order valence-electron chi connectivity index (χ1n) is 6.06. The molecule has 4 heteroatoms. The van der Waals surface area contributed by atoms with Crippen LogP contribution in [0.5, 0.6) is 5.75 Å². The molecule has 0 saturated heterocycles. The van der Waals surface area contributed by atoms with E-state index in [2.05, 4.69) is 11.4 Å². The number of hydrogen-bond acceptors (Lipinski definition) is 3. The molecule has 1 aliphatic rings. The van der Waals surface area contributed by atoms with E-state index < -0.39 is 5.41 Å². The normalized spacial score (nSPS) is 15.9. The second-order valence-electron chi connectivity index (χ2n) is 4.81. The van der Waals surface area contributed by atoms with Crippen LogP contribution in [-0.2, 0) is 4.79 Å². The average molecular weight is 244 g/mol. The monoisotopic (exact) mass is 244 g/mol. The number of rotatable bonds is 4. The van der Waals surface area contributed by atoms with E-state index in [0.29, 0.717) is 24.3 Å². The van der Waals surface area contributed by atoms with Crippen LogP contribution in [0.4, 0.5) is 5.69 Å². The Morgan fingerprint density at radius 3 is 2.67 bits per heavy atom. The van der Waals surface area contributed by atoms with Crippen LogP contribution in [0, 0.1) is 16.7 Å². The molecule has 1 fully saturated rings. The van der Waals surface area contributed by atoms with Gasteiger partial charge in [0.25, 0.3) is 0 Å². The van der Waals surface area contributed by atoms with Crippen LogP contribution in [0.25, 0.3) is 0 Å². The summed E-state index contributed by atoms with van der Waals surface area (Å²) >= 11 is 0. The molecular formula is C14H16N2O2. The summed E-state index contributed by atoms with van der Waals surface area (Å²) in [6.07, 6.45) is 1.32. The number of para-hydroxylation sites is 2. The minimum absolute atomic E-state index is 0.0360. The van der Waals surface area contributed by atoms with E-state index >= 15 is 0 Å². The Labute approximate surface area is 107 Å². The minimum atomic E-state index is -0.815. The summed E-state index contributed by atoms with van der Waals surface area (Å²) in [5, 5.41) is 11.8. The van der Waals surface area contributed by atoms with Crippen molar-refractivity contribution in [3.05, 3.63) is 24.3 Å². The van der Waals surface area contributed by atoms with Gasteiger partial charge in [-0.15, -0.1) is 0 Å². The molecule has 0 atom stereocenters. The molecule has 1 saturated carbocycles. The lowest BCUT2D eigenvalue weighted by Crippen LogP contribution is -2.23. The van der Waals surface area contributed by atoms with Crippen LogP contribution < -0.4 is 10.1 Å². The molecule has 94 valence electrons. The number of nitrogens with one attached hydrogen (secondary N) is 1. The summed E-state index contributed by atoms with van der Waals surface area (Å²) in [5.41, 5.74) is -0.192. The lowest BCUT2D eigenvalue weighted by molar-refractivity contribution is -0.119. The number of nitrogens with zero attached hydrogens (tertiary/aromatic N) is 1. The van der Waals surface area contributed by atoms with E-state index in [0.717, 1.165) is 0 Å². The van der Waals surface area contributed by atoms with Gasteiger partial charge in [-0.2, -0.15) is 5.26 Å². The molecule has 1 aromatic rings. The van der Waals surface area contributed by atoms with Crippen LogP contribution in [-0.4, -0.2) is 12.0 Å². The average Bonchev–Trinajstić information content (AvgIpc) is 3.12. The zero-order chi connectivity index (χ0) is 13.2. The van der Waals surface area contributed by atoms with Crippen LogP contribution in [0.3, 0.4) is 0 Å². The molecule has 1 aromatic carbocycles. The SMILES string of the molecule is CC(C)Oc1ccccc1NC(=O)C1(C#N)CC1. The number of amides is 1. The van der Waals surface area contributed by atoms with E-state index in [4.69, 9.17) is 10.00 Å². The summed E-state index contributed by atoms with van der Waals surface area (Å²) in [5.74, 6) is 0.402. The van der Waals surface area contributed by atoms with Crippen LogP contribution in [0.15, 0.2) is 24.3 Å². The number of carbonyl (C=O) groups excluding carboxylic acids is 1. The Hall–Kier alpha value is -2.02. The molecule has 1 aliphatic carbocycles. The third-order valence-corrected chi connectivity index (χ3v) is 2.90. The van der Waals surface area contributed by atoms with Gasteiger partial charge in [-0.25, -0.2) is 0 Å². The van der Waals surface area contributed by atoms with Crippen molar-refractivity contribution in [2.75, 3.05) is 5.32 Å². The third kappa shape index (κ3) is 2.45. The van der Waals surface area contributed by atoms with Crippen molar-refractivity contribution >= 4 is 11.6 Å². The lowest BCUT2D eigenvalue weighted by Gasteiger charge is -2.15. The lowest BCUT2D eigenvalue weighted by atomic mass is 10.1. The topological polar surface area (TPSA) is 62.1 Å². The van der Waals surface area contributed by atoms with Crippen molar-refractivity contribution in [1.29, 1.82) is 5.26 Å². The molecule has 0 aliphatic heterocycles. The zero-order valence-electron chi connectivity index (χ0n) is 10.6. The largest absolute Gasteiger partial charge is 0.489 e. The second-order valence-corrected chi connectivity index (χ2v) is 4.81. The Kier molecular flexibility index (Phi) is 3.24. The smallest absolute Gasteiger partial charge is 0.244 e. The van der Waals surface area contributed by atoms with Gasteiger partial charge in [-0.3, -0.25) is 4.79 Å². The Morgan fingerprint density at radius 1 is 1.44 bits per heavy atom. The summed E-state index contributed by atoms with van der Waals surface area (Å²) in [6.45, 7) is 3.85. The molecule has 18 heavy (non-hydrogen) atoms. The number of nitriles is 1. The van der Waals surface area contributed by atoms with Crippen molar-refractivity contribution in [1.82, 2.24) is 0 Å². The van der Waals surface area contributed by atoms with Gasteiger partial charge in [0.15, 0.2) is 0 Å². The summed E-state index contributed by atoms with van der Waals surface area (Å²) in [4.78, 5) is 12.0. The van der Waals surface area contributed by atoms with Crippen molar-refractivity contribution in [3.8, 4) is 11.8 Å². The van der Waals surface area contributed by atoms with Gasteiger partial charge >= 0.3 is 0 Å². The quantitative estimate of drug-likeness (QED) is 0.885. The zero-order valence-corrected chi connectivity index (χ0v) is 10.6. The fraction of sp³-hybridized carbons (Fsp3) is 0.429. The van der Waals surface area contributed by atoms with Crippen LogP contribution in [0.2, 0.25) is 0 Å². The van der Waals surface area contributed by atoms with E-state index in [9.17, 15) is 4.79 Å². The molecule has 0 spiro atoms. The van der Waals surface area contributed by atoms with Crippen LogP contribution in [0.1, 0.15) is 26.7 Å². The Bertz CT molecular complexity index is 499. The van der Waals surface area contributed by atoms with E-state index in [1.807, 2.05) is 32.0 Å². The highest BCUT2D eigenvalue weighted by Gasteiger charge is 2.50. The molecule has 0 radical (unpaired) electrons. The fourth-order valence-electron chi connectivity index (χ4n) is 1.68. The second kappa shape index (κ2) is 4.69. The van der Waals surface area contributed by atoms with Gasteiger partial charge in [-0.1, -0.05) is 12.1 Å². The van der Waals surface area contributed by atoms with E-state index in [1.54, 1.807) is 6.07 Å². The maximum Gasteiger partial charge on any atom is 0.244 e. The standard InChI is InChI=1S/C14H16N2O2/c1-10(2)18-12-6-4-3-5-11(12)16-13(17)14(9-15)7-8-14/h3-6,10H,7-8H2,1-2H3,(H,16,17). The summed E-state index contributed by atoms with van der Waals surface area (Å²) in [7, 11) is 0. The van der Waals surface area contributed by atoms with Crippen LogP contribution >= 0.6 is 0 Å². The van der Waals surface area contributed by atoms with Crippen molar-refractivity contribution in [2.45, 2.75) is 32.8 Å². The first-order valence-corrected chi connectivity index (χ1v) is 6.06. The molecule has 1 N–H and O–H groups in total. The summed E-state index contributed by atoms with van der Waals surface area (Å²) < 4.78 is 5.62. The van der Waals surface area contributed by atoms with Gasteiger partial charge in [-0.05, 0) is 38.8 Å². The Morgan fingerprint density at radius 2 is 2.11 bits per heavy atom.